The number of hydrogen-bond donors (Lipinski definition) is 1. The topological polar surface area (TPSA) is 42.0 Å². The number of carbonyl (C=O) groups excluding carboxylic acids is 1. The predicted octanol–water partition coefficient (Wildman–Crippen LogP) is 5.72. The van der Waals surface area contributed by atoms with Gasteiger partial charge in [0.2, 0.25) is 5.91 Å². The largest absolute Gasteiger partial charge is 0.443 e. The van der Waals surface area contributed by atoms with Crippen molar-refractivity contribution in [2.45, 2.75) is 32.4 Å². The van der Waals surface area contributed by atoms with E-state index in [1.54, 1.807) is 13.8 Å². The Bertz CT molecular complexity index is 763. The average Bonchev–Trinajstić information content (AvgIpc) is 3.01. The van der Waals surface area contributed by atoms with Gasteiger partial charge in [-0.15, -0.1) is 11.3 Å². The van der Waals surface area contributed by atoms with Gasteiger partial charge in [-0.3, -0.25) is 4.79 Å². The van der Waals surface area contributed by atoms with Gasteiger partial charge in [0, 0.05) is 22.7 Å². The van der Waals surface area contributed by atoms with Gasteiger partial charge in [0.25, 0.3) is 0 Å². The van der Waals surface area contributed by atoms with E-state index in [0.717, 1.165) is 6.07 Å². The van der Waals surface area contributed by atoms with Crippen LogP contribution in [0.5, 0.6) is 0 Å². The highest BCUT2D eigenvalue weighted by Gasteiger charge is 2.35. The smallest absolute Gasteiger partial charge is 0.326 e. The molecule has 0 spiro atoms. The lowest BCUT2D eigenvalue weighted by molar-refractivity contribution is -0.137. The molecule has 1 aromatic heterocycles. The van der Waals surface area contributed by atoms with Crippen LogP contribution in [0.1, 0.15) is 36.1 Å². The van der Waals surface area contributed by atoms with E-state index in [0.29, 0.717) is 28.3 Å². The van der Waals surface area contributed by atoms with Gasteiger partial charge in [-0.25, -0.2) is 9.37 Å². The molecule has 2 atom stereocenters. The van der Waals surface area contributed by atoms with Crippen LogP contribution < -0.4 is 5.32 Å². The van der Waals surface area contributed by atoms with Crippen LogP contribution >= 0.6 is 22.9 Å². The molecular weight excluding hydrogens is 380 g/mol. The lowest BCUT2D eigenvalue weighted by Crippen LogP contribution is -2.21. The Morgan fingerprint density at radius 1 is 1.36 bits per heavy atom. The molecule has 2 unspecified atom stereocenters. The van der Waals surface area contributed by atoms with E-state index in [4.69, 9.17) is 11.6 Å². The van der Waals surface area contributed by atoms with Crippen LogP contribution in [0.4, 0.5) is 23.2 Å². The van der Waals surface area contributed by atoms with Gasteiger partial charge in [0.1, 0.15) is 5.82 Å². The molecule has 2 aromatic rings. The molecule has 3 nitrogen and oxygen atoms in total. The maximum absolute atomic E-state index is 13.1. The fourth-order valence-corrected chi connectivity index (χ4v) is 3.27. The number of aromatic nitrogens is 1. The first-order valence-electron chi connectivity index (χ1n) is 7.36. The SMILES string of the molecule is CC(CC(C)c1cnc(C(F)(F)F)s1)C(=O)Nc1ccc(F)c(Cl)c1. The monoisotopic (exact) mass is 394 g/mol. The van der Waals surface area contributed by atoms with Crippen molar-refractivity contribution in [2.24, 2.45) is 5.92 Å². The third kappa shape index (κ3) is 5.15. The normalized spacial score (nSPS) is 14.2. The first-order chi connectivity index (χ1) is 11.6. The van der Waals surface area contributed by atoms with Gasteiger partial charge in [0.15, 0.2) is 5.01 Å². The minimum atomic E-state index is -4.46. The van der Waals surface area contributed by atoms with Crippen molar-refractivity contribution < 1.29 is 22.4 Å². The number of hydrogen-bond acceptors (Lipinski definition) is 3. The summed E-state index contributed by atoms with van der Waals surface area (Å²) in [7, 11) is 0. The van der Waals surface area contributed by atoms with E-state index in [9.17, 15) is 22.4 Å². The quantitative estimate of drug-likeness (QED) is 0.659. The molecule has 0 saturated heterocycles. The van der Waals surface area contributed by atoms with Crippen LogP contribution in [-0.4, -0.2) is 10.9 Å². The van der Waals surface area contributed by atoms with E-state index in [-0.39, 0.29) is 16.8 Å². The van der Waals surface area contributed by atoms with Gasteiger partial charge < -0.3 is 5.32 Å². The third-order valence-corrected chi connectivity index (χ3v) is 5.16. The maximum atomic E-state index is 13.1. The van der Waals surface area contributed by atoms with Crippen LogP contribution in [0.2, 0.25) is 5.02 Å². The molecule has 2 rings (SSSR count). The molecule has 1 heterocycles. The van der Waals surface area contributed by atoms with Crippen molar-refractivity contribution in [1.82, 2.24) is 4.98 Å². The molecule has 1 amide bonds. The Kier molecular flexibility index (Phi) is 6.05. The zero-order valence-electron chi connectivity index (χ0n) is 13.3. The zero-order valence-corrected chi connectivity index (χ0v) is 14.9. The summed E-state index contributed by atoms with van der Waals surface area (Å²) in [5.41, 5.74) is 0.355. The summed E-state index contributed by atoms with van der Waals surface area (Å²) >= 11 is 6.24. The predicted molar refractivity (Wildman–Crippen MR) is 89.4 cm³/mol. The summed E-state index contributed by atoms with van der Waals surface area (Å²) in [4.78, 5) is 16.1. The van der Waals surface area contributed by atoms with E-state index in [1.165, 1.54) is 18.3 Å². The van der Waals surface area contributed by atoms with Crippen molar-refractivity contribution in [3.63, 3.8) is 0 Å². The highest BCUT2D eigenvalue weighted by Crippen LogP contribution is 2.36. The molecule has 1 aromatic carbocycles. The van der Waals surface area contributed by atoms with Crippen molar-refractivity contribution in [3.05, 3.63) is 45.1 Å². The van der Waals surface area contributed by atoms with E-state index < -0.39 is 22.9 Å². The highest BCUT2D eigenvalue weighted by atomic mass is 35.5. The number of alkyl halides is 3. The fourth-order valence-electron chi connectivity index (χ4n) is 2.24. The lowest BCUT2D eigenvalue weighted by Gasteiger charge is -2.16. The minimum Gasteiger partial charge on any atom is -0.326 e. The molecule has 25 heavy (non-hydrogen) atoms. The number of rotatable bonds is 5. The van der Waals surface area contributed by atoms with Crippen molar-refractivity contribution in [3.8, 4) is 0 Å². The Morgan fingerprint density at radius 3 is 2.60 bits per heavy atom. The van der Waals surface area contributed by atoms with Crippen LogP contribution in [0.15, 0.2) is 24.4 Å². The van der Waals surface area contributed by atoms with Crippen molar-refractivity contribution in [1.29, 1.82) is 0 Å². The average molecular weight is 395 g/mol. The molecule has 1 N–H and O–H groups in total. The molecular formula is C16H15ClF4N2OS. The molecule has 0 aliphatic heterocycles. The number of thiazole rings is 1. The standard InChI is InChI=1S/C16H15ClF4N2OS/c1-8(13-7-22-15(25-13)16(19,20)21)5-9(2)14(24)23-10-3-4-12(18)11(17)6-10/h3-4,6-9H,5H2,1-2H3,(H,23,24). The van der Waals surface area contributed by atoms with Gasteiger partial charge in [-0.1, -0.05) is 25.4 Å². The van der Waals surface area contributed by atoms with E-state index in [2.05, 4.69) is 10.3 Å². The van der Waals surface area contributed by atoms with E-state index in [1.807, 2.05) is 0 Å². The molecule has 0 saturated carbocycles. The molecule has 9 heteroatoms. The molecule has 0 radical (unpaired) electrons. The summed E-state index contributed by atoms with van der Waals surface area (Å²) in [6.45, 7) is 3.41. The van der Waals surface area contributed by atoms with Crippen LogP contribution in [0.3, 0.4) is 0 Å². The summed E-state index contributed by atoms with van der Waals surface area (Å²) in [6.07, 6.45) is -2.92. The number of benzene rings is 1. The fraction of sp³-hybridized carbons (Fsp3) is 0.375. The van der Waals surface area contributed by atoms with Gasteiger partial charge in [0.05, 0.1) is 5.02 Å². The molecule has 0 fully saturated rings. The highest BCUT2D eigenvalue weighted by molar-refractivity contribution is 7.11. The van der Waals surface area contributed by atoms with E-state index >= 15 is 0 Å². The number of anilines is 1. The maximum Gasteiger partial charge on any atom is 0.443 e. The number of carbonyl (C=O) groups is 1. The Balaban J connectivity index is 1.98. The minimum absolute atomic E-state index is 0.108. The van der Waals surface area contributed by atoms with Crippen molar-refractivity contribution in [2.75, 3.05) is 5.32 Å². The summed E-state index contributed by atoms with van der Waals surface area (Å²) in [5, 5.41) is 1.61. The second-order valence-electron chi connectivity index (χ2n) is 5.72. The van der Waals surface area contributed by atoms with Crippen LogP contribution in [0.25, 0.3) is 0 Å². The molecule has 136 valence electrons. The van der Waals surface area contributed by atoms with Gasteiger partial charge in [-0.2, -0.15) is 13.2 Å². The lowest BCUT2D eigenvalue weighted by atomic mass is 9.95. The summed E-state index contributed by atoms with van der Waals surface area (Å²) in [6, 6.07) is 3.82. The number of halogens is 5. The third-order valence-electron chi connectivity index (χ3n) is 3.59. The number of amides is 1. The first kappa shape index (κ1) is 19.7. The first-order valence-corrected chi connectivity index (χ1v) is 8.56. The Morgan fingerprint density at radius 2 is 2.04 bits per heavy atom. The number of nitrogens with zero attached hydrogens (tertiary/aromatic N) is 1. The zero-order chi connectivity index (χ0) is 18.8. The summed E-state index contributed by atoms with van der Waals surface area (Å²) < 4.78 is 50.9. The van der Waals surface area contributed by atoms with Crippen LogP contribution in [-0.2, 0) is 11.0 Å². The molecule has 0 bridgehead atoms. The second-order valence-corrected chi connectivity index (χ2v) is 7.19. The van der Waals surface area contributed by atoms with Crippen LogP contribution in [0, 0.1) is 11.7 Å². The van der Waals surface area contributed by atoms with Gasteiger partial charge in [-0.05, 0) is 30.5 Å². The Hall–Kier alpha value is -1.67. The molecule has 0 aliphatic carbocycles. The van der Waals surface area contributed by atoms with Gasteiger partial charge >= 0.3 is 6.18 Å². The Labute approximate surface area is 151 Å². The molecule has 0 aliphatic rings. The second kappa shape index (κ2) is 7.70. The number of nitrogens with one attached hydrogen (secondary N) is 1. The summed E-state index contributed by atoms with van der Waals surface area (Å²) in [5.74, 6) is -1.64. The van der Waals surface area contributed by atoms with Crippen molar-refractivity contribution >= 4 is 34.5 Å².